The molecule has 1 saturated heterocycles. The molecule has 1 aliphatic heterocycles. The van der Waals surface area contributed by atoms with Gasteiger partial charge in [-0.05, 0) is 12.8 Å². The monoisotopic (exact) mass is 525 g/mol. The van der Waals surface area contributed by atoms with E-state index in [1.54, 1.807) is 0 Å². The Morgan fingerprint density at radius 2 is 0.838 bits per heavy atom. The number of alkyl carbamates (subject to hydrolysis) is 2. The number of hydrogen-bond donors (Lipinski definition) is 3. The van der Waals surface area contributed by atoms with E-state index in [0.717, 1.165) is 25.7 Å². The molecule has 0 aromatic heterocycles. The van der Waals surface area contributed by atoms with Gasteiger partial charge < -0.3 is 25.4 Å². The van der Waals surface area contributed by atoms with E-state index in [2.05, 4.69) is 29.8 Å². The molecule has 218 valence electrons. The van der Waals surface area contributed by atoms with Crippen molar-refractivity contribution >= 4 is 12.2 Å². The standard InChI is InChI=1S/C30H59N3O4/c1-3-5-7-9-11-13-15-17-19-21-23-32-29(34)36-27-25-31-26-28(27)37-30(35)33-24-22-20-18-16-14-12-10-8-6-4-2/h27-28,31H,3-26H2,1-2H3,(H,32,34)(H,33,35)/t27-,28-/m0/s1. The second-order valence-electron chi connectivity index (χ2n) is 10.8. The fourth-order valence-electron chi connectivity index (χ4n) is 4.83. The van der Waals surface area contributed by atoms with E-state index < -0.39 is 24.4 Å². The number of rotatable bonds is 24. The first-order valence-corrected chi connectivity index (χ1v) is 15.8. The van der Waals surface area contributed by atoms with Crippen molar-refractivity contribution in [3.63, 3.8) is 0 Å². The lowest BCUT2D eigenvalue weighted by Gasteiger charge is -2.20. The summed E-state index contributed by atoms with van der Waals surface area (Å²) in [5.74, 6) is 0. The zero-order chi connectivity index (χ0) is 26.8. The Kier molecular flexibility index (Phi) is 22.5. The molecule has 37 heavy (non-hydrogen) atoms. The minimum absolute atomic E-state index is 0.427. The molecular weight excluding hydrogens is 466 g/mol. The van der Waals surface area contributed by atoms with Crippen LogP contribution in [-0.4, -0.2) is 50.6 Å². The predicted octanol–water partition coefficient (Wildman–Crippen LogP) is 7.62. The van der Waals surface area contributed by atoms with Gasteiger partial charge in [-0.2, -0.15) is 0 Å². The lowest BCUT2D eigenvalue weighted by molar-refractivity contribution is 0.0175. The van der Waals surface area contributed by atoms with Crippen LogP contribution in [0.25, 0.3) is 0 Å². The fraction of sp³-hybridized carbons (Fsp3) is 0.933. The highest BCUT2D eigenvalue weighted by Crippen LogP contribution is 2.12. The normalized spacial score (nSPS) is 17.0. The Morgan fingerprint density at radius 3 is 1.16 bits per heavy atom. The van der Waals surface area contributed by atoms with Crippen molar-refractivity contribution in [2.45, 2.75) is 154 Å². The van der Waals surface area contributed by atoms with Gasteiger partial charge in [0, 0.05) is 26.2 Å². The Hall–Kier alpha value is -1.50. The largest absolute Gasteiger partial charge is 0.441 e. The van der Waals surface area contributed by atoms with E-state index in [4.69, 9.17) is 9.47 Å². The van der Waals surface area contributed by atoms with Crippen LogP contribution in [0, 0.1) is 0 Å². The third-order valence-corrected chi connectivity index (χ3v) is 7.22. The molecule has 0 aromatic rings. The maximum absolute atomic E-state index is 12.2. The molecule has 2 atom stereocenters. The van der Waals surface area contributed by atoms with Crippen LogP contribution >= 0.6 is 0 Å². The van der Waals surface area contributed by atoms with Crippen LogP contribution < -0.4 is 16.0 Å². The number of ether oxygens (including phenoxy) is 2. The second kappa shape index (κ2) is 24.8. The van der Waals surface area contributed by atoms with Crippen molar-refractivity contribution in [1.29, 1.82) is 0 Å². The number of carbonyl (C=O) groups is 2. The van der Waals surface area contributed by atoms with Gasteiger partial charge in [0.05, 0.1) is 0 Å². The zero-order valence-corrected chi connectivity index (χ0v) is 24.3. The van der Waals surface area contributed by atoms with E-state index >= 15 is 0 Å². The van der Waals surface area contributed by atoms with E-state index in [1.165, 1.54) is 103 Å². The van der Waals surface area contributed by atoms with Crippen LogP contribution in [0.2, 0.25) is 0 Å². The van der Waals surface area contributed by atoms with Gasteiger partial charge in [0.15, 0.2) is 12.2 Å². The predicted molar refractivity (Wildman–Crippen MR) is 153 cm³/mol. The van der Waals surface area contributed by atoms with Crippen LogP contribution in [0.3, 0.4) is 0 Å². The lowest BCUT2D eigenvalue weighted by Crippen LogP contribution is -2.39. The van der Waals surface area contributed by atoms with Gasteiger partial charge in [0.2, 0.25) is 0 Å². The van der Waals surface area contributed by atoms with Crippen LogP contribution in [0.15, 0.2) is 0 Å². The minimum atomic E-state index is -0.448. The SMILES string of the molecule is CCCCCCCCCCCCNC(=O)O[C@H]1CNC[C@@H]1OC(=O)NCCCCCCCCCCCC. The van der Waals surface area contributed by atoms with Gasteiger partial charge >= 0.3 is 12.2 Å². The molecule has 1 heterocycles. The van der Waals surface area contributed by atoms with Gasteiger partial charge in [-0.15, -0.1) is 0 Å². The minimum Gasteiger partial charge on any atom is -0.441 e. The zero-order valence-electron chi connectivity index (χ0n) is 24.3. The van der Waals surface area contributed by atoms with Crippen molar-refractivity contribution in [1.82, 2.24) is 16.0 Å². The van der Waals surface area contributed by atoms with E-state index in [-0.39, 0.29) is 0 Å². The Labute approximate surface area is 228 Å². The number of amides is 2. The molecule has 0 radical (unpaired) electrons. The molecule has 0 saturated carbocycles. The molecule has 7 nitrogen and oxygen atoms in total. The molecular formula is C30H59N3O4. The number of hydrogen-bond acceptors (Lipinski definition) is 5. The number of nitrogens with one attached hydrogen (secondary N) is 3. The highest BCUT2D eigenvalue weighted by atomic mass is 16.6. The van der Waals surface area contributed by atoms with Crippen LogP contribution in [0.1, 0.15) is 142 Å². The average Bonchev–Trinajstić information content (AvgIpc) is 3.31. The second-order valence-corrected chi connectivity index (χ2v) is 10.8. The summed E-state index contributed by atoms with van der Waals surface area (Å²) in [7, 11) is 0. The molecule has 0 spiro atoms. The van der Waals surface area contributed by atoms with Gasteiger partial charge in [-0.3, -0.25) is 0 Å². The fourth-order valence-corrected chi connectivity index (χ4v) is 4.83. The molecule has 1 rings (SSSR count). The van der Waals surface area contributed by atoms with Gasteiger partial charge in [0.25, 0.3) is 0 Å². The molecule has 1 aliphatic rings. The molecule has 0 unspecified atom stereocenters. The summed E-state index contributed by atoms with van der Waals surface area (Å²) < 4.78 is 11.0. The smallest absolute Gasteiger partial charge is 0.407 e. The summed E-state index contributed by atoms with van der Waals surface area (Å²) in [5, 5.41) is 8.82. The molecule has 0 aromatic carbocycles. The first-order chi connectivity index (χ1) is 18.2. The van der Waals surface area contributed by atoms with E-state index in [0.29, 0.717) is 26.2 Å². The van der Waals surface area contributed by atoms with Crippen molar-refractivity contribution in [2.75, 3.05) is 26.2 Å². The third kappa shape index (κ3) is 20.2. The molecule has 7 heteroatoms. The molecule has 1 fully saturated rings. The summed E-state index contributed by atoms with van der Waals surface area (Å²) in [6, 6.07) is 0. The van der Waals surface area contributed by atoms with E-state index in [9.17, 15) is 9.59 Å². The van der Waals surface area contributed by atoms with Crippen molar-refractivity contribution in [2.24, 2.45) is 0 Å². The molecule has 0 aliphatic carbocycles. The lowest BCUT2D eigenvalue weighted by atomic mass is 10.1. The van der Waals surface area contributed by atoms with Crippen LogP contribution in [0.4, 0.5) is 9.59 Å². The quantitative estimate of drug-likeness (QED) is 0.113. The number of carbonyl (C=O) groups excluding carboxylic acids is 2. The van der Waals surface area contributed by atoms with Crippen molar-refractivity contribution in [3.8, 4) is 0 Å². The Balaban J connectivity index is 1.98. The molecule has 3 N–H and O–H groups in total. The highest BCUT2D eigenvalue weighted by molar-refractivity contribution is 5.68. The maximum atomic E-state index is 12.2. The van der Waals surface area contributed by atoms with Gasteiger partial charge in [0.1, 0.15) is 0 Å². The highest BCUT2D eigenvalue weighted by Gasteiger charge is 2.33. The summed E-state index contributed by atoms with van der Waals surface area (Å²) in [6.45, 7) is 6.75. The number of unbranched alkanes of at least 4 members (excludes halogenated alkanes) is 18. The Morgan fingerprint density at radius 1 is 0.541 bits per heavy atom. The van der Waals surface area contributed by atoms with Crippen LogP contribution in [0.5, 0.6) is 0 Å². The summed E-state index contributed by atoms with van der Waals surface area (Å²) in [5.41, 5.74) is 0. The van der Waals surface area contributed by atoms with Gasteiger partial charge in [-0.25, -0.2) is 9.59 Å². The topological polar surface area (TPSA) is 88.7 Å². The van der Waals surface area contributed by atoms with Crippen molar-refractivity contribution in [3.05, 3.63) is 0 Å². The molecule has 0 bridgehead atoms. The molecule has 2 amide bonds. The average molecular weight is 526 g/mol. The summed E-state index contributed by atoms with van der Waals surface area (Å²) in [4.78, 5) is 24.3. The third-order valence-electron chi connectivity index (χ3n) is 7.22. The first-order valence-electron chi connectivity index (χ1n) is 15.8. The van der Waals surface area contributed by atoms with E-state index in [1.807, 2.05) is 0 Å². The van der Waals surface area contributed by atoms with Crippen molar-refractivity contribution < 1.29 is 19.1 Å². The summed E-state index contributed by atoms with van der Waals surface area (Å²) >= 11 is 0. The maximum Gasteiger partial charge on any atom is 0.407 e. The Bertz CT molecular complexity index is 501. The van der Waals surface area contributed by atoms with Gasteiger partial charge in [-0.1, -0.05) is 129 Å². The van der Waals surface area contributed by atoms with Crippen LogP contribution in [-0.2, 0) is 9.47 Å². The summed E-state index contributed by atoms with van der Waals surface area (Å²) in [6.07, 6.45) is 23.6. The first kappa shape index (κ1) is 33.5.